The van der Waals surface area contributed by atoms with Crippen molar-refractivity contribution in [2.75, 3.05) is 19.7 Å². The fraction of sp³-hybridized carbons (Fsp3) is 0.214. The van der Waals surface area contributed by atoms with E-state index in [1.165, 1.54) is 12.1 Å². The molecule has 0 atom stereocenters. The van der Waals surface area contributed by atoms with Crippen LogP contribution in [0.4, 0.5) is 4.39 Å². The van der Waals surface area contributed by atoms with Gasteiger partial charge in [-0.05, 0) is 18.2 Å². The van der Waals surface area contributed by atoms with Gasteiger partial charge in [0.1, 0.15) is 25.5 Å². The smallest absolute Gasteiger partial charge is 0.254 e. The molecular weight excluding hydrogens is 279 g/mol. The van der Waals surface area contributed by atoms with Crippen molar-refractivity contribution in [1.29, 1.82) is 0 Å². The Morgan fingerprint density at radius 1 is 1.33 bits per heavy atom. The summed E-state index contributed by atoms with van der Waals surface area (Å²) in [5.74, 6) is 2.22. The number of nitrogens with one attached hydrogen (secondary N) is 1. The highest BCUT2D eigenvalue weighted by Crippen LogP contribution is 2.12. The minimum absolute atomic E-state index is 0.0181. The van der Waals surface area contributed by atoms with E-state index in [1.54, 1.807) is 0 Å². The molecule has 0 spiro atoms. The topological polar surface area (TPSA) is 86.7 Å². The average Bonchev–Trinajstić information content (AvgIpc) is 2.44. The molecule has 21 heavy (non-hydrogen) atoms. The first kappa shape index (κ1) is 14.7. The number of benzene rings is 1. The summed E-state index contributed by atoms with van der Waals surface area (Å²) < 4.78 is 13.8. The Morgan fingerprint density at radius 2 is 2.00 bits per heavy atom. The number of carbonyl (C=O) groups is 3. The van der Waals surface area contributed by atoms with Gasteiger partial charge in [-0.25, -0.2) is 4.39 Å². The third-order valence-corrected chi connectivity index (χ3v) is 2.75. The zero-order chi connectivity index (χ0) is 15.4. The van der Waals surface area contributed by atoms with Crippen molar-refractivity contribution < 1.29 is 23.9 Å². The van der Waals surface area contributed by atoms with Gasteiger partial charge in [0.2, 0.25) is 11.8 Å². The van der Waals surface area contributed by atoms with Crippen molar-refractivity contribution in [3.05, 3.63) is 35.1 Å². The predicted molar refractivity (Wildman–Crippen MR) is 69.4 cm³/mol. The summed E-state index contributed by atoms with van der Waals surface area (Å²) in [6, 6.07) is 3.64. The van der Waals surface area contributed by atoms with Gasteiger partial charge in [-0.2, -0.15) is 0 Å². The maximum absolute atomic E-state index is 13.8. The van der Waals surface area contributed by atoms with Crippen LogP contribution in [0.5, 0.6) is 0 Å². The lowest BCUT2D eigenvalue weighted by molar-refractivity contribution is -0.135. The van der Waals surface area contributed by atoms with Crippen LogP contribution in [0.15, 0.2) is 18.2 Å². The molecule has 1 aromatic carbocycles. The number of aliphatic hydroxyl groups is 1. The molecular formula is C14H11FN2O4. The number of imide groups is 1. The summed E-state index contributed by atoms with van der Waals surface area (Å²) in [7, 11) is 0. The number of nitrogens with zero attached hydrogens (tertiary/aromatic N) is 1. The van der Waals surface area contributed by atoms with E-state index in [0.29, 0.717) is 0 Å². The third-order valence-electron chi connectivity index (χ3n) is 2.75. The number of halogens is 1. The van der Waals surface area contributed by atoms with E-state index in [4.69, 9.17) is 5.11 Å². The van der Waals surface area contributed by atoms with Crippen LogP contribution >= 0.6 is 0 Å². The van der Waals surface area contributed by atoms with Crippen molar-refractivity contribution >= 4 is 17.7 Å². The van der Waals surface area contributed by atoms with Crippen molar-refractivity contribution in [3.63, 3.8) is 0 Å². The minimum Gasteiger partial charge on any atom is -0.384 e. The van der Waals surface area contributed by atoms with Crippen LogP contribution in [0.25, 0.3) is 0 Å². The summed E-state index contributed by atoms with van der Waals surface area (Å²) in [4.78, 5) is 35.6. The Morgan fingerprint density at radius 3 is 2.57 bits per heavy atom. The summed E-state index contributed by atoms with van der Waals surface area (Å²) in [5, 5.41) is 10.6. The van der Waals surface area contributed by atoms with Crippen LogP contribution in [0.3, 0.4) is 0 Å². The monoisotopic (exact) mass is 290 g/mol. The van der Waals surface area contributed by atoms with Gasteiger partial charge < -0.3 is 10.0 Å². The Labute approximate surface area is 119 Å². The van der Waals surface area contributed by atoms with Crippen molar-refractivity contribution in [1.82, 2.24) is 10.2 Å². The second kappa shape index (κ2) is 6.15. The van der Waals surface area contributed by atoms with Gasteiger partial charge in [-0.15, -0.1) is 0 Å². The lowest BCUT2D eigenvalue weighted by Gasteiger charge is -2.25. The molecule has 0 aromatic heterocycles. The Bertz CT molecular complexity index is 659. The second-order valence-corrected chi connectivity index (χ2v) is 4.29. The molecule has 3 amide bonds. The van der Waals surface area contributed by atoms with E-state index >= 15 is 0 Å². The Kier molecular flexibility index (Phi) is 4.30. The number of rotatable bonds is 1. The van der Waals surface area contributed by atoms with Gasteiger partial charge in [-0.3, -0.25) is 19.7 Å². The highest BCUT2D eigenvalue weighted by molar-refractivity contribution is 6.05. The fourth-order valence-electron chi connectivity index (χ4n) is 1.85. The predicted octanol–water partition coefficient (Wildman–Crippen LogP) is -0.732. The maximum Gasteiger partial charge on any atom is 0.254 e. The quantitative estimate of drug-likeness (QED) is 0.527. The molecule has 7 heteroatoms. The van der Waals surface area contributed by atoms with Crippen LogP contribution in [-0.2, 0) is 9.59 Å². The van der Waals surface area contributed by atoms with E-state index in [-0.39, 0.29) is 24.2 Å². The molecule has 0 radical (unpaired) electrons. The molecule has 1 heterocycles. The molecule has 1 aromatic rings. The molecule has 108 valence electrons. The van der Waals surface area contributed by atoms with E-state index < -0.39 is 30.1 Å². The summed E-state index contributed by atoms with van der Waals surface area (Å²) in [6.07, 6.45) is 0. The van der Waals surface area contributed by atoms with Gasteiger partial charge in [0.05, 0.1) is 5.56 Å². The number of hydrogen-bond acceptors (Lipinski definition) is 4. The highest BCUT2D eigenvalue weighted by Gasteiger charge is 2.27. The number of piperazine rings is 1. The molecule has 1 fully saturated rings. The molecule has 0 aliphatic carbocycles. The van der Waals surface area contributed by atoms with Crippen molar-refractivity contribution in [2.45, 2.75) is 0 Å². The first-order chi connectivity index (χ1) is 10.0. The number of amides is 3. The zero-order valence-corrected chi connectivity index (χ0v) is 10.9. The first-order valence-electron chi connectivity index (χ1n) is 6.02. The summed E-state index contributed by atoms with van der Waals surface area (Å²) in [5.41, 5.74) is 0.0672. The molecule has 1 aliphatic rings. The van der Waals surface area contributed by atoms with Crippen molar-refractivity contribution in [3.8, 4) is 11.8 Å². The standard InChI is InChI=1S/C14H11FN2O4/c15-11-6-10(4-3-9(11)2-1-5-18)14(21)17-7-12(19)16-13(20)8-17/h3-4,6,18H,5,7-8H2,(H,16,19,20). The lowest BCUT2D eigenvalue weighted by Crippen LogP contribution is -2.53. The van der Waals surface area contributed by atoms with Gasteiger partial charge in [0.25, 0.3) is 5.91 Å². The lowest BCUT2D eigenvalue weighted by atomic mass is 10.1. The van der Waals surface area contributed by atoms with E-state index in [0.717, 1.165) is 11.0 Å². The fourth-order valence-corrected chi connectivity index (χ4v) is 1.85. The number of hydrogen-bond donors (Lipinski definition) is 2. The van der Waals surface area contributed by atoms with Gasteiger partial charge >= 0.3 is 0 Å². The van der Waals surface area contributed by atoms with Crippen LogP contribution in [0.1, 0.15) is 15.9 Å². The van der Waals surface area contributed by atoms with E-state index in [1.807, 2.05) is 0 Å². The minimum atomic E-state index is -0.713. The van der Waals surface area contributed by atoms with E-state index in [9.17, 15) is 18.8 Å². The highest BCUT2D eigenvalue weighted by atomic mass is 19.1. The van der Waals surface area contributed by atoms with Crippen LogP contribution < -0.4 is 5.32 Å². The van der Waals surface area contributed by atoms with Crippen molar-refractivity contribution in [2.24, 2.45) is 0 Å². The van der Waals surface area contributed by atoms with Crippen LogP contribution in [0.2, 0.25) is 0 Å². The molecule has 0 bridgehead atoms. The van der Waals surface area contributed by atoms with Gasteiger partial charge in [-0.1, -0.05) is 11.8 Å². The third kappa shape index (κ3) is 3.43. The number of aliphatic hydroxyl groups excluding tert-OH is 1. The molecule has 0 unspecified atom stereocenters. The second-order valence-electron chi connectivity index (χ2n) is 4.29. The average molecular weight is 290 g/mol. The summed E-state index contributed by atoms with van der Waals surface area (Å²) >= 11 is 0. The maximum atomic E-state index is 13.8. The molecule has 2 rings (SSSR count). The molecule has 6 nitrogen and oxygen atoms in total. The Balaban J connectivity index is 2.21. The molecule has 1 aliphatic heterocycles. The Hall–Kier alpha value is -2.72. The van der Waals surface area contributed by atoms with Crippen LogP contribution in [-0.4, -0.2) is 47.4 Å². The normalized spacial score (nSPS) is 14.3. The van der Waals surface area contributed by atoms with E-state index in [2.05, 4.69) is 17.2 Å². The first-order valence-corrected chi connectivity index (χ1v) is 6.02. The molecule has 2 N–H and O–H groups in total. The van der Waals surface area contributed by atoms with Gasteiger partial charge in [0, 0.05) is 5.56 Å². The summed E-state index contributed by atoms with van der Waals surface area (Å²) in [6.45, 7) is -0.901. The van der Waals surface area contributed by atoms with Gasteiger partial charge in [0.15, 0.2) is 0 Å². The SMILES string of the molecule is O=C1CN(C(=O)c2ccc(C#CCO)c(F)c2)CC(=O)N1. The molecule has 1 saturated heterocycles. The zero-order valence-electron chi connectivity index (χ0n) is 10.9. The number of carbonyl (C=O) groups excluding carboxylic acids is 3. The molecule has 0 saturated carbocycles. The largest absolute Gasteiger partial charge is 0.384 e. The van der Waals surface area contributed by atoms with Crippen LogP contribution in [0, 0.1) is 17.7 Å².